The Morgan fingerprint density at radius 1 is 1.23 bits per heavy atom. The fourth-order valence-electron chi connectivity index (χ4n) is 2.68. The van der Waals surface area contributed by atoms with Crippen LogP contribution >= 0.6 is 11.3 Å². The maximum atomic E-state index is 13.1. The summed E-state index contributed by atoms with van der Waals surface area (Å²) in [5.41, 5.74) is 3.24. The highest BCUT2D eigenvalue weighted by Gasteiger charge is 2.24. The molecule has 0 atom stereocenters. The Labute approximate surface area is 154 Å². The normalized spacial score (nSPS) is 11.0. The van der Waals surface area contributed by atoms with Gasteiger partial charge in [0.05, 0.1) is 22.5 Å². The maximum absolute atomic E-state index is 13.1. The molecule has 6 nitrogen and oxygen atoms in total. The summed E-state index contributed by atoms with van der Waals surface area (Å²) in [7, 11) is 1.79. The molecule has 0 fully saturated rings. The van der Waals surface area contributed by atoms with E-state index in [1.54, 1.807) is 35.1 Å². The molecular weight excluding hydrogens is 346 g/mol. The number of nitrogens with zero attached hydrogens (tertiary/aromatic N) is 5. The number of benzene rings is 1. The first-order valence-electron chi connectivity index (χ1n) is 8.19. The van der Waals surface area contributed by atoms with Gasteiger partial charge in [-0.1, -0.05) is 23.5 Å². The van der Waals surface area contributed by atoms with Gasteiger partial charge < -0.3 is 0 Å². The van der Waals surface area contributed by atoms with Crippen LogP contribution in [-0.2, 0) is 13.6 Å². The number of pyridine rings is 1. The second-order valence-electron chi connectivity index (χ2n) is 6.05. The molecule has 4 rings (SSSR count). The molecule has 3 heterocycles. The number of hydrogen-bond donors (Lipinski definition) is 0. The molecular formula is C19H17N5OS. The number of aryl methyl sites for hydroxylation is 2. The van der Waals surface area contributed by atoms with Crippen LogP contribution in [-0.4, -0.2) is 25.7 Å². The van der Waals surface area contributed by atoms with Gasteiger partial charge in [-0.15, -0.1) is 0 Å². The number of rotatable bonds is 4. The zero-order chi connectivity index (χ0) is 18.1. The number of anilines is 1. The van der Waals surface area contributed by atoms with Gasteiger partial charge in [0.1, 0.15) is 0 Å². The molecule has 0 aliphatic carbocycles. The van der Waals surface area contributed by atoms with Gasteiger partial charge in [0.2, 0.25) is 0 Å². The Balaban J connectivity index is 1.76. The standard InChI is InChI=1S/C19H17N5OS/c1-13-6-7-15-17(11-13)26-19(21-15)24(12-14-5-3-4-9-20-14)18(25)16-8-10-23(2)22-16/h3-11H,12H2,1-2H3. The molecule has 4 aromatic rings. The molecule has 0 saturated carbocycles. The number of thiazole rings is 1. The van der Waals surface area contributed by atoms with Gasteiger partial charge in [0.25, 0.3) is 5.91 Å². The van der Waals surface area contributed by atoms with Crippen molar-refractivity contribution in [2.75, 3.05) is 4.90 Å². The Morgan fingerprint density at radius 3 is 2.85 bits per heavy atom. The summed E-state index contributed by atoms with van der Waals surface area (Å²) in [6, 6.07) is 13.5. The van der Waals surface area contributed by atoms with E-state index < -0.39 is 0 Å². The average molecular weight is 363 g/mol. The molecule has 0 N–H and O–H groups in total. The van der Waals surface area contributed by atoms with Crippen molar-refractivity contribution in [1.82, 2.24) is 19.7 Å². The minimum absolute atomic E-state index is 0.188. The molecule has 0 aliphatic rings. The summed E-state index contributed by atoms with van der Waals surface area (Å²) in [5, 5.41) is 4.89. The van der Waals surface area contributed by atoms with E-state index in [2.05, 4.69) is 21.1 Å². The third kappa shape index (κ3) is 3.21. The van der Waals surface area contributed by atoms with Crippen molar-refractivity contribution in [3.63, 3.8) is 0 Å². The summed E-state index contributed by atoms with van der Waals surface area (Å²) in [6.45, 7) is 2.39. The van der Waals surface area contributed by atoms with Crippen molar-refractivity contribution in [3.8, 4) is 0 Å². The first-order valence-corrected chi connectivity index (χ1v) is 9.00. The molecule has 26 heavy (non-hydrogen) atoms. The van der Waals surface area contributed by atoms with Crippen LogP contribution in [0.4, 0.5) is 5.13 Å². The molecule has 1 amide bonds. The minimum atomic E-state index is -0.188. The molecule has 0 unspecified atom stereocenters. The van der Waals surface area contributed by atoms with Gasteiger partial charge >= 0.3 is 0 Å². The predicted octanol–water partition coefficient (Wildman–Crippen LogP) is 3.58. The third-order valence-electron chi connectivity index (χ3n) is 3.99. The van der Waals surface area contributed by atoms with Crippen LogP contribution in [0.25, 0.3) is 10.2 Å². The van der Waals surface area contributed by atoms with Crippen molar-refractivity contribution >= 4 is 32.6 Å². The van der Waals surface area contributed by atoms with Crippen LogP contribution in [0.3, 0.4) is 0 Å². The Hall–Kier alpha value is -3.06. The van der Waals surface area contributed by atoms with E-state index in [-0.39, 0.29) is 5.91 Å². The zero-order valence-electron chi connectivity index (χ0n) is 14.5. The van der Waals surface area contributed by atoms with E-state index in [0.717, 1.165) is 15.9 Å². The van der Waals surface area contributed by atoms with E-state index in [4.69, 9.17) is 0 Å². The number of aromatic nitrogens is 4. The minimum Gasteiger partial charge on any atom is -0.276 e. The van der Waals surface area contributed by atoms with Crippen molar-refractivity contribution in [1.29, 1.82) is 0 Å². The maximum Gasteiger partial charge on any atom is 0.280 e. The first-order chi connectivity index (χ1) is 12.6. The smallest absolute Gasteiger partial charge is 0.276 e. The third-order valence-corrected chi connectivity index (χ3v) is 5.03. The fourth-order valence-corrected chi connectivity index (χ4v) is 3.74. The van der Waals surface area contributed by atoms with Gasteiger partial charge in [-0.05, 0) is 42.8 Å². The lowest BCUT2D eigenvalue weighted by molar-refractivity contribution is 0.0979. The second kappa shape index (κ2) is 6.68. The van der Waals surface area contributed by atoms with Gasteiger partial charge in [-0.2, -0.15) is 5.10 Å². The molecule has 7 heteroatoms. The van der Waals surface area contributed by atoms with Crippen LogP contribution in [0.15, 0.2) is 54.9 Å². The van der Waals surface area contributed by atoms with Gasteiger partial charge in [-0.3, -0.25) is 19.4 Å². The van der Waals surface area contributed by atoms with Crippen molar-refractivity contribution < 1.29 is 4.79 Å². The molecule has 0 aliphatic heterocycles. The summed E-state index contributed by atoms with van der Waals surface area (Å²) in [5.74, 6) is -0.188. The van der Waals surface area contributed by atoms with Crippen molar-refractivity contribution in [3.05, 3.63) is 71.8 Å². The van der Waals surface area contributed by atoms with Crippen LogP contribution in [0.1, 0.15) is 21.7 Å². The summed E-state index contributed by atoms with van der Waals surface area (Å²) in [6.07, 6.45) is 3.48. The largest absolute Gasteiger partial charge is 0.280 e. The number of carbonyl (C=O) groups excluding carboxylic acids is 1. The van der Waals surface area contributed by atoms with E-state index in [1.807, 2.05) is 37.3 Å². The zero-order valence-corrected chi connectivity index (χ0v) is 15.3. The van der Waals surface area contributed by atoms with E-state index in [0.29, 0.717) is 17.4 Å². The number of carbonyl (C=O) groups is 1. The van der Waals surface area contributed by atoms with Crippen molar-refractivity contribution in [2.45, 2.75) is 13.5 Å². The number of fused-ring (bicyclic) bond motifs is 1. The Morgan fingerprint density at radius 2 is 2.12 bits per heavy atom. The van der Waals surface area contributed by atoms with Crippen molar-refractivity contribution in [2.24, 2.45) is 7.05 Å². The SMILES string of the molecule is Cc1ccc2nc(N(Cc3ccccn3)C(=O)c3ccn(C)n3)sc2c1. The molecule has 1 aromatic carbocycles. The second-order valence-corrected chi connectivity index (χ2v) is 7.06. The molecule has 0 radical (unpaired) electrons. The average Bonchev–Trinajstić information content (AvgIpc) is 3.25. The Kier molecular flexibility index (Phi) is 4.22. The van der Waals surface area contributed by atoms with Crippen LogP contribution in [0.5, 0.6) is 0 Å². The summed E-state index contributed by atoms with van der Waals surface area (Å²) < 4.78 is 2.67. The predicted molar refractivity (Wildman–Crippen MR) is 102 cm³/mol. The lowest BCUT2D eigenvalue weighted by atomic mass is 10.2. The highest BCUT2D eigenvalue weighted by Crippen LogP contribution is 2.31. The molecule has 130 valence electrons. The number of hydrogen-bond acceptors (Lipinski definition) is 5. The molecule has 0 spiro atoms. The van der Waals surface area contributed by atoms with Gasteiger partial charge in [-0.25, -0.2) is 4.98 Å². The number of amides is 1. The molecule has 3 aromatic heterocycles. The quantitative estimate of drug-likeness (QED) is 0.556. The van der Waals surface area contributed by atoms with Crippen LogP contribution < -0.4 is 4.90 Å². The topological polar surface area (TPSA) is 63.9 Å². The fraction of sp³-hybridized carbons (Fsp3) is 0.158. The molecule has 0 bridgehead atoms. The summed E-state index contributed by atoms with van der Waals surface area (Å²) in [4.78, 5) is 23.8. The lowest BCUT2D eigenvalue weighted by Crippen LogP contribution is -2.31. The van der Waals surface area contributed by atoms with Crippen LogP contribution in [0.2, 0.25) is 0 Å². The highest BCUT2D eigenvalue weighted by atomic mass is 32.1. The monoisotopic (exact) mass is 363 g/mol. The highest BCUT2D eigenvalue weighted by molar-refractivity contribution is 7.22. The first kappa shape index (κ1) is 16.4. The van der Waals surface area contributed by atoms with Gasteiger partial charge in [0.15, 0.2) is 10.8 Å². The Bertz CT molecular complexity index is 1070. The van der Waals surface area contributed by atoms with E-state index in [1.165, 1.54) is 16.9 Å². The van der Waals surface area contributed by atoms with Crippen LogP contribution in [0, 0.1) is 6.92 Å². The lowest BCUT2D eigenvalue weighted by Gasteiger charge is -2.18. The van der Waals surface area contributed by atoms with E-state index in [9.17, 15) is 4.79 Å². The van der Waals surface area contributed by atoms with Gasteiger partial charge in [0, 0.05) is 19.4 Å². The van der Waals surface area contributed by atoms with E-state index >= 15 is 0 Å². The molecule has 0 saturated heterocycles. The summed E-state index contributed by atoms with van der Waals surface area (Å²) >= 11 is 1.50.